The van der Waals surface area contributed by atoms with Gasteiger partial charge in [-0.1, -0.05) is 90.4 Å². The Morgan fingerprint density at radius 2 is 1.23 bits per heavy atom. The largest absolute Gasteiger partial charge is 0.365 e. The standard InChI is InChI=1S/C20H40O2/c1-2-3-13-16-19-17-14-11-9-7-5-4-6-8-10-12-15-18-20(19,21)22/h19,21-22H,2-18H2,1H3. The molecule has 22 heavy (non-hydrogen) atoms. The van der Waals surface area contributed by atoms with E-state index in [-0.39, 0.29) is 5.92 Å². The average Bonchev–Trinajstić information content (AvgIpc) is 2.49. The van der Waals surface area contributed by atoms with Crippen molar-refractivity contribution >= 4 is 0 Å². The Kier molecular flexibility index (Phi) is 11.2. The molecule has 2 nitrogen and oxygen atoms in total. The van der Waals surface area contributed by atoms with Gasteiger partial charge in [-0.3, -0.25) is 0 Å². The van der Waals surface area contributed by atoms with Gasteiger partial charge in [-0.2, -0.15) is 0 Å². The summed E-state index contributed by atoms with van der Waals surface area (Å²) in [5, 5.41) is 21.1. The lowest BCUT2D eigenvalue weighted by molar-refractivity contribution is -0.209. The summed E-state index contributed by atoms with van der Waals surface area (Å²) in [5.41, 5.74) is 0. The first-order chi connectivity index (χ1) is 10.7. The van der Waals surface area contributed by atoms with Crippen molar-refractivity contribution in [2.45, 2.75) is 122 Å². The second-order valence-electron chi connectivity index (χ2n) is 7.50. The molecule has 2 N–H and O–H groups in total. The van der Waals surface area contributed by atoms with E-state index in [2.05, 4.69) is 6.92 Å². The van der Waals surface area contributed by atoms with Gasteiger partial charge >= 0.3 is 0 Å². The number of hydrogen-bond donors (Lipinski definition) is 2. The van der Waals surface area contributed by atoms with Crippen LogP contribution in [-0.4, -0.2) is 16.0 Å². The van der Waals surface area contributed by atoms with Crippen LogP contribution in [0, 0.1) is 5.92 Å². The van der Waals surface area contributed by atoms with Gasteiger partial charge in [-0.05, 0) is 19.3 Å². The SMILES string of the molecule is CCCCCC1CCCCCCCCCCCCCC1(O)O. The summed E-state index contributed by atoms with van der Waals surface area (Å²) in [6, 6.07) is 0. The highest BCUT2D eigenvalue weighted by molar-refractivity contribution is 4.76. The maximum Gasteiger partial charge on any atom is 0.165 e. The van der Waals surface area contributed by atoms with Gasteiger partial charge in [-0.15, -0.1) is 0 Å². The van der Waals surface area contributed by atoms with Crippen molar-refractivity contribution < 1.29 is 10.2 Å². The molecular weight excluding hydrogens is 272 g/mol. The van der Waals surface area contributed by atoms with Crippen molar-refractivity contribution in [3.63, 3.8) is 0 Å². The van der Waals surface area contributed by atoms with E-state index in [0.29, 0.717) is 6.42 Å². The summed E-state index contributed by atoms with van der Waals surface area (Å²) in [7, 11) is 0. The molecule has 0 aromatic carbocycles. The number of unbranched alkanes of at least 4 members (excludes halogenated alkanes) is 2. The topological polar surface area (TPSA) is 40.5 Å². The Morgan fingerprint density at radius 3 is 1.77 bits per heavy atom. The summed E-state index contributed by atoms with van der Waals surface area (Å²) in [6.07, 6.45) is 20.1. The quantitative estimate of drug-likeness (QED) is 0.497. The molecule has 0 saturated heterocycles. The van der Waals surface area contributed by atoms with Gasteiger partial charge in [0.25, 0.3) is 0 Å². The fourth-order valence-corrected chi connectivity index (χ4v) is 3.82. The monoisotopic (exact) mass is 312 g/mol. The number of rotatable bonds is 4. The third kappa shape index (κ3) is 9.15. The number of hydrogen-bond acceptors (Lipinski definition) is 2. The first-order valence-electron chi connectivity index (χ1n) is 10.1. The highest BCUT2D eigenvalue weighted by Gasteiger charge is 2.32. The van der Waals surface area contributed by atoms with Crippen LogP contribution in [0.15, 0.2) is 0 Å². The lowest BCUT2D eigenvalue weighted by Crippen LogP contribution is -2.37. The maximum absolute atomic E-state index is 10.6. The molecule has 1 aliphatic rings. The molecule has 1 aliphatic carbocycles. The molecule has 1 atom stereocenters. The molecule has 0 aromatic rings. The molecule has 132 valence electrons. The van der Waals surface area contributed by atoms with Crippen LogP contribution in [0.3, 0.4) is 0 Å². The second kappa shape index (κ2) is 12.4. The molecule has 2 heteroatoms. The van der Waals surface area contributed by atoms with Gasteiger partial charge in [0.05, 0.1) is 0 Å². The first-order valence-corrected chi connectivity index (χ1v) is 10.1. The van der Waals surface area contributed by atoms with Crippen LogP contribution in [0.2, 0.25) is 0 Å². The van der Waals surface area contributed by atoms with Gasteiger partial charge in [0.15, 0.2) is 5.79 Å². The van der Waals surface area contributed by atoms with Crippen molar-refractivity contribution in [3.8, 4) is 0 Å². The van der Waals surface area contributed by atoms with Crippen molar-refractivity contribution in [1.82, 2.24) is 0 Å². The molecule has 1 saturated carbocycles. The highest BCUT2D eigenvalue weighted by Crippen LogP contribution is 2.31. The lowest BCUT2D eigenvalue weighted by atomic mass is 9.84. The van der Waals surface area contributed by atoms with Crippen molar-refractivity contribution in [1.29, 1.82) is 0 Å². The second-order valence-corrected chi connectivity index (χ2v) is 7.50. The van der Waals surface area contributed by atoms with Crippen LogP contribution in [0.4, 0.5) is 0 Å². The van der Waals surface area contributed by atoms with E-state index in [1.807, 2.05) is 0 Å². The molecule has 0 heterocycles. The highest BCUT2D eigenvalue weighted by atomic mass is 16.5. The lowest BCUT2D eigenvalue weighted by Gasteiger charge is -2.32. The van der Waals surface area contributed by atoms with Gasteiger partial charge in [0.1, 0.15) is 0 Å². The van der Waals surface area contributed by atoms with E-state index in [9.17, 15) is 10.2 Å². The van der Waals surface area contributed by atoms with E-state index in [4.69, 9.17) is 0 Å². The van der Waals surface area contributed by atoms with Gasteiger partial charge < -0.3 is 10.2 Å². The Labute approximate surface area is 138 Å². The van der Waals surface area contributed by atoms with E-state index in [0.717, 1.165) is 32.1 Å². The van der Waals surface area contributed by atoms with Crippen molar-refractivity contribution in [2.75, 3.05) is 0 Å². The van der Waals surface area contributed by atoms with Crippen LogP contribution < -0.4 is 0 Å². The Morgan fingerprint density at radius 1 is 0.727 bits per heavy atom. The van der Waals surface area contributed by atoms with Crippen molar-refractivity contribution in [3.05, 3.63) is 0 Å². The zero-order valence-electron chi connectivity index (χ0n) is 15.0. The minimum Gasteiger partial charge on any atom is -0.365 e. The van der Waals surface area contributed by atoms with Gasteiger partial charge in [-0.25, -0.2) is 0 Å². The maximum atomic E-state index is 10.6. The van der Waals surface area contributed by atoms with Gasteiger partial charge in [0.2, 0.25) is 0 Å². The number of aliphatic hydroxyl groups is 2. The molecule has 1 rings (SSSR count). The first kappa shape index (κ1) is 20.0. The van der Waals surface area contributed by atoms with Crippen molar-refractivity contribution in [2.24, 2.45) is 5.92 Å². The molecule has 1 fully saturated rings. The zero-order valence-corrected chi connectivity index (χ0v) is 15.0. The smallest absolute Gasteiger partial charge is 0.165 e. The summed E-state index contributed by atoms with van der Waals surface area (Å²) in [6.45, 7) is 2.21. The fourth-order valence-electron chi connectivity index (χ4n) is 3.82. The fraction of sp³-hybridized carbons (Fsp3) is 1.00. The molecular formula is C20H40O2. The molecule has 0 aromatic heterocycles. The Hall–Kier alpha value is -0.0800. The van der Waals surface area contributed by atoms with Crippen LogP contribution >= 0.6 is 0 Å². The third-order valence-corrected chi connectivity index (χ3v) is 5.41. The zero-order chi connectivity index (χ0) is 16.1. The predicted molar refractivity (Wildman–Crippen MR) is 94.8 cm³/mol. The third-order valence-electron chi connectivity index (χ3n) is 5.41. The average molecular weight is 313 g/mol. The van der Waals surface area contributed by atoms with E-state index < -0.39 is 5.79 Å². The summed E-state index contributed by atoms with van der Waals surface area (Å²) in [4.78, 5) is 0. The normalized spacial score (nSPS) is 26.0. The molecule has 0 spiro atoms. The molecule has 0 aliphatic heterocycles. The summed E-state index contributed by atoms with van der Waals surface area (Å²) < 4.78 is 0. The van der Waals surface area contributed by atoms with E-state index in [1.54, 1.807) is 0 Å². The Balaban J connectivity index is 2.47. The van der Waals surface area contributed by atoms with Crippen LogP contribution in [0.1, 0.15) is 116 Å². The minimum absolute atomic E-state index is 0.0872. The Bertz CT molecular complexity index is 250. The minimum atomic E-state index is -1.42. The van der Waals surface area contributed by atoms with Crippen LogP contribution in [-0.2, 0) is 0 Å². The summed E-state index contributed by atoms with van der Waals surface area (Å²) >= 11 is 0. The van der Waals surface area contributed by atoms with Crippen LogP contribution in [0.25, 0.3) is 0 Å². The predicted octanol–water partition coefficient (Wildman–Crippen LogP) is 5.95. The van der Waals surface area contributed by atoms with Gasteiger partial charge in [0, 0.05) is 12.3 Å². The molecule has 0 amide bonds. The molecule has 1 unspecified atom stereocenters. The van der Waals surface area contributed by atoms with E-state index >= 15 is 0 Å². The molecule has 0 bridgehead atoms. The summed E-state index contributed by atoms with van der Waals surface area (Å²) in [5.74, 6) is -1.34. The van der Waals surface area contributed by atoms with Crippen LogP contribution in [0.5, 0.6) is 0 Å². The molecule has 0 radical (unpaired) electrons. The van der Waals surface area contributed by atoms with E-state index in [1.165, 1.54) is 70.6 Å².